The van der Waals surface area contributed by atoms with Crippen LogP contribution in [0.4, 0.5) is 17.6 Å². The van der Waals surface area contributed by atoms with Crippen molar-refractivity contribution in [3.05, 3.63) is 29.3 Å². The summed E-state index contributed by atoms with van der Waals surface area (Å²) in [6.45, 7) is 3.81. The van der Waals surface area contributed by atoms with Crippen LogP contribution in [-0.2, 0) is 6.42 Å². The van der Waals surface area contributed by atoms with Gasteiger partial charge < -0.3 is 9.64 Å². The smallest absolute Gasteiger partial charge is 0.452 e. The maximum atomic E-state index is 13.2. The molecule has 1 aliphatic carbocycles. The van der Waals surface area contributed by atoms with Crippen LogP contribution in [-0.4, -0.2) is 55.6 Å². The number of aryl methyl sites for hydroxylation is 1. The van der Waals surface area contributed by atoms with E-state index in [4.69, 9.17) is 0 Å². The third-order valence-corrected chi connectivity index (χ3v) is 4.88. The molecule has 1 saturated heterocycles. The Hall–Kier alpha value is -1.34. The van der Waals surface area contributed by atoms with Gasteiger partial charge in [-0.1, -0.05) is 6.07 Å². The van der Waals surface area contributed by atoms with Crippen molar-refractivity contribution >= 4 is 0 Å². The lowest BCUT2D eigenvalue weighted by atomic mass is 9.86. The molecule has 24 heavy (non-hydrogen) atoms. The van der Waals surface area contributed by atoms with Gasteiger partial charge in [0, 0.05) is 32.2 Å². The van der Waals surface area contributed by atoms with Crippen LogP contribution >= 0.6 is 0 Å². The van der Waals surface area contributed by atoms with Gasteiger partial charge in [0.1, 0.15) is 5.75 Å². The predicted octanol–water partition coefficient (Wildman–Crippen LogP) is 3.55. The number of hydrogen-bond donors (Lipinski definition) is 0. The van der Waals surface area contributed by atoms with Crippen molar-refractivity contribution in [2.75, 3.05) is 33.2 Å². The van der Waals surface area contributed by atoms with E-state index < -0.39 is 12.5 Å². The largest absolute Gasteiger partial charge is 0.457 e. The first-order chi connectivity index (χ1) is 11.3. The summed E-state index contributed by atoms with van der Waals surface area (Å²) in [7, 11) is 2.08. The number of nitrogens with zero attached hydrogens (tertiary/aromatic N) is 2. The van der Waals surface area contributed by atoms with E-state index in [1.165, 1.54) is 6.07 Å². The summed E-state index contributed by atoms with van der Waals surface area (Å²) in [4.78, 5) is 4.63. The Labute approximate surface area is 139 Å². The summed E-state index contributed by atoms with van der Waals surface area (Å²) in [5, 5.41) is 0. The Morgan fingerprint density at radius 2 is 1.88 bits per heavy atom. The fourth-order valence-corrected chi connectivity index (χ4v) is 3.52. The van der Waals surface area contributed by atoms with E-state index in [-0.39, 0.29) is 11.8 Å². The minimum absolute atomic E-state index is 0.0559. The first kappa shape index (κ1) is 17.5. The number of alkyl halides is 4. The van der Waals surface area contributed by atoms with E-state index in [0.717, 1.165) is 56.6 Å². The number of rotatable bonds is 3. The Kier molecular flexibility index (Phi) is 5.01. The second-order valence-electron chi connectivity index (χ2n) is 6.58. The van der Waals surface area contributed by atoms with E-state index in [1.807, 2.05) is 0 Å². The van der Waals surface area contributed by atoms with Crippen LogP contribution < -0.4 is 4.74 Å². The zero-order valence-electron chi connectivity index (χ0n) is 13.7. The molecule has 0 saturated carbocycles. The van der Waals surface area contributed by atoms with Gasteiger partial charge in [-0.15, -0.1) is 0 Å². The summed E-state index contributed by atoms with van der Waals surface area (Å²) < 4.78 is 54.7. The molecule has 0 aromatic heterocycles. The summed E-state index contributed by atoms with van der Waals surface area (Å²) >= 11 is 0. The average molecular weight is 346 g/mol. The quantitative estimate of drug-likeness (QED) is 0.779. The summed E-state index contributed by atoms with van der Waals surface area (Å²) in [6.07, 6.45) is -5.37. The SMILES string of the molecule is CN1CCN(C2CCCc3ccc(OC(F)C(F)(F)F)cc32)CC1. The fraction of sp³-hybridized carbons (Fsp3) is 0.647. The minimum atomic E-state index is -5.01. The molecule has 1 heterocycles. The molecule has 0 amide bonds. The van der Waals surface area contributed by atoms with Crippen molar-refractivity contribution in [1.82, 2.24) is 9.80 Å². The zero-order chi connectivity index (χ0) is 17.3. The molecule has 3 nitrogen and oxygen atoms in total. The monoisotopic (exact) mass is 346 g/mol. The summed E-state index contributed by atoms with van der Waals surface area (Å²) in [6, 6.07) is 4.98. The van der Waals surface area contributed by atoms with Gasteiger partial charge in [-0.3, -0.25) is 4.90 Å². The van der Waals surface area contributed by atoms with Crippen LogP contribution in [0.25, 0.3) is 0 Å². The van der Waals surface area contributed by atoms with E-state index in [9.17, 15) is 17.6 Å². The van der Waals surface area contributed by atoms with Gasteiger partial charge in [-0.25, -0.2) is 0 Å². The average Bonchev–Trinajstić information content (AvgIpc) is 2.54. The van der Waals surface area contributed by atoms with Crippen molar-refractivity contribution in [3.8, 4) is 5.75 Å². The Morgan fingerprint density at radius 1 is 1.17 bits per heavy atom. The highest BCUT2D eigenvalue weighted by Gasteiger charge is 2.42. The first-order valence-electron chi connectivity index (χ1n) is 8.27. The van der Waals surface area contributed by atoms with Gasteiger partial charge in [-0.2, -0.15) is 17.6 Å². The molecule has 0 bridgehead atoms. The Morgan fingerprint density at radius 3 is 2.54 bits per heavy atom. The molecule has 1 aromatic carbocycles. The second kappa shape index (κ2) is 6.88. The van der Waals surface area contributed by atoms with Crippen molar-refractivity contribution in [2.45, 2.75) is 37.8 Å². The zero-order valence-corrected chi connectivity index (χ0v) is 13.7. The van der Waals surface area contributed by atoms with Crippen LogP contribution in [0.15, 0.2) is 18.2 Å². The molecule has 2 atom stereocenters. The van der Waals surface area contributed by atoms with E-state index in [0.29, 0.717) is 0 Å². The van der Waals surface area contributed by atoms with Crippen LogP contribution in [0.5, 0.6) is 5.75 Å². The topological polar surface area (TPSA) is 15.7 Å². The minimum Gasteiger partial charge on any atom is -0.452 e. The number of fused-ring (bicyclic) bond motifs is 1. The molecule has 1 aliphatic heterocycles. The van der Waals surface area contributed by atoms with Crippen molar-refractivity contribution in [2.24, 2.45) is 0 Å². The Bertz CT molecular complexity index is 570. The molecule has 134 valence electrons. The molecule has 0 radical (unpaired) electrons. The summed E-state index contributed by atoms with van der Waals surface area (Å²) in [5.74, 6) is -0.0559. The summed E-state index contributed by atoms with van der Waals surface area (Å²) in [5.41, 5.74) is 2.11. The lowest BCUT2D eigenvalue weighted by molar-refractivity contribution is -0.236. The maximum absolute atomic E-state index is 13.2. The fourth-order valence-electron chi connectivity index (χ4n) is 3.52. The highest BCUT2D eigenvalue weighted by Crippen LogP contribution is 2.37. The molecule has 3 rings (SSSR count). The van der Waals surface area contributed by atoms with Gasteiger partial charge in [0.2, 0.25) is 0 Å². The predicted molar refractivity (Wildman–Crippen MR) is 82.8 cm³/mol. The number of benzene rings is 1. The molecular formula is C17H22F4N2O. The van der Waals surface area contributed by atoms with Gasteiger partial charge in [0.25, 0.3) is 0 Å². The molecule has 2 aliphatic rings. The molecule has 1 aromatic rings. The normalized spacial score (nSPS) is 24.5. The van der Waals surface area contributed by atoms with Crippen LogP contribution in [0.1, 0.15) is 30.0 Å². The highest BCUT2D eigenvalue weighted by atomic mass is 19.4. The molecule has 7 heteroatoms. The highest BCUT2D eigenvalue weighted by molar-refractivity contribution is 5.39. The van der Waals surface area contributed by atoms with Gasteiger partial charge in [0.05, 0.1) is 0 Å². The van der Waals surface area contributed by atoms with E-state index in [2.05, 4.69) is 21.6 Å². The van der Waals surface area contributed by atoms with E-state index in [1.54, 1.807) is 12.1 Å². The lowest BCUT2D eigenvalue weighted by Gasteiger charge is -2.40. The van der Waals surface area contributed by atoms with Gasteiger partial charge in [-0.05, 0) is 49.6 Å². The number of ether oxygens (including phenoxy) is 1. The molecule has 0 spiro atoms. The second-order valence-corrected chi connectivity index (χ2v) is 6.58. The standard InChI is InChI=1S/C17H22F4N2O/c1-22-7-9-23(10-8-22)15-4-2-3-12-5-6-13(11-14(12)15)24-16(18)17(19,20)21/h5-6,11,15-16H,2-4,7-10H2,1H3. The number of piperazine rings is 1. The van der Waals surface area contributed by atoms with E-state index >= 15 is 0 Å². The molecular weight excluding hydrogens is 324 g/mol. The maximum Gasteiger partial charge on any atom is 0.457 e. The first-order valence-corrected chi connectivity index (χ1v) is 8.27. The third kappa shape index (κ3) is 3.83. The van der Waals surface area contributed by atoms with Crippen molar-refractivity contribution in [1.29, 1.82) is 0 Å². The number of halogens is 4. The van der Waals surface area contributed by atoms with Gasteiger partial charge in [0.15, 0.2) is 0 Å². The molecule has 0 N–H and O–H groups in total. The Balaban J connectivity index is 1.79. The molecule has 1 fully saturated rings. The number of hydrogen-bond acceptors (Lipinski definition) is 3. The molecule has 2 unspecified atom stereocenters. The van der Waals surface area contributed by atoms with Crippen LogP contribution in [0, 0.1) is 0 Å². The van der Waals surface area contributed by atoms with Crippen LogP contribution in [0.3, 0.4) is 0 Å². The van der Waals surface area contributed by atoms with Crippen molar-refractivity contribution in [3.63, 3.8) is 0 Å². The number of likely N-dealkylation sites (N-methyl/N-ethyl adjacent to an activating group) is 1. The van der Waals surface area contributed by atoms with Crippen molar-refractivity contribution < 1.29 is 22.3 Å². The lowest BCUT2D eigenvalue weighted by Crippen LogP contribution is -2.46. The van der Waals surface area contributed by atoms with Gasteiger partial charge >= 0.3 is 12.5 Å². The third-order valence-electron chi connectivity index (χ3n) is 4.88. The van der Waals surface area contributed by atoms with Crippen LogP contribution in [0.2, 0.25) is 0 Å².